The van der Waals surface area contributed by atoms with Crippen LogP contribution in [0.15, 0.2) is 43.0 Å². The molecule has 6 nitrogen and oxygen atoms in total. The molecule has 0 radical (unpaired) electrons. The lowest BCUT2D eigenvalue weighted by molar-refractivity contribution is -0.145. The molecule has 0 fully saturated rings. The monoisotopic (exact) mass is 294 g/mol. The average Bonchev–Trinajstić information content (AvgIpc) is 2.37. The van der Waals surface area contributed by atoms with E-state index in [1.165, 1.54) is 0 Å². The van der Waals surface area contributed by atoms with Gasteiger partial charge in [0.05, 0.1) is 5.19 Å². The molecule has 0 aliphatic carbocycles. The second-order valence-corrected chi connectivity index (χ2v) is 6.04. The molecule has 0 unspecified atom stereocenters. The van der Waals surface area contributed by atoms with Gasteiger partial charge in [-0.05, 0) is 0 Å². The Bertz CT molecular complexity index is 509. The average molecular weight is 294 g/mol. The quantitative estimate of drug-likeness (QED) is 0.587. The van der Waals surface area contributed by atoms with Gasteiger partial charge < -0.3 is 13.3 Å². The smallest absolute Gasteiger partial charge is 0.452 e. The third-order valence-electron chi connectivity index (χ3n) is 2.09. The van der Waals surface area contributed by atoms with Crippen molar-refractivity contribution in [3.8, 4) is 0 Å². The van der Waals surface area contributed by atoms with Crippen molar-refractivity contribution in [3.05, 3.63) is 43.0 Å². The van der Waals surface area contributed by atoms with Crippen LogP contribution in [0.1, 0.15) is 13.8 Å². The molecule has 0 saturated heterocycles. The van der Waals surface area contributed by atoms with Gasteiger partial charge in [0, 0.05) is 19.9 Å². The molecule has 0 spiro atoms. The molecule has 0 aromatic heterocycles. The van der Waals surface area contributed by atoms with Crippen LogP contribution in [0.5, 0.6) is 0 Å². The Balaban J connectivity index is 3.31. The van der Waals surface area contributed by atoms with Crippen LogP contribution in [0, 0.1) is 0 Å². The summed E-state index contributed by atoms with van der Waals surface area (Å²) in [6, 6.07) is 8.11. The molecule has 1 rings (SSSR count). The van der Waals surface area contributed by atoms with Crippen molar-refractivity contribution in [2.75, 3.05) is 0 Å². The van der Waals surface area contributed by atoms with E-state index in [1.54, 1.807) is 30.3 Å². The summed E-state index contributed by atoms with van der Waals surface area (Å²) in [6.45, 7) is 5.53. The van der Waals surface area contributed by atoms with E-state index in [4.69, 9.17) is 13.3 Å². The van der Waals surface area contributed by atoms with Gasteiger partial charge in [-0.25, -0.2) is 4.79 Å². The molecule has 20 heavy (non-hydrogen) atoms. The van der Waals surface area contributed by atoms with Crippen molar-refractivity contribution in [1.29, 1.82) is 0 Å². The van der Waals surface area contributed by atoms with Crippen LogP contribution >= 0.6 is 0 Å². The molecule has 0 atom stereocenters. The molecule has 0 aliphatic rings. The Morgan fingerprint density at radius 1 is 1.00 bits per heavy atom. The largest absolute Gasteiger partial charge is 0.743 e. The highest BCUT2D eigenvalue weighted by Gasteiger charge is 2.54. The number of rotatable bonds is 5. The lowest BCUT2D eigenvalue weighted by Crippen LogP contribution is -2.59. The van der Waals surface area contributed by atoms with E-state index in [9.17, 15) is 14.4 Å². The van der Waals surface area contributed by atoms with E-state index in [2.05, 4.69) is 6.58 Å². The zero-order valence-electron chi connectivity index (χ0n) is 11.1. The molecule has 0 heterocycles. The third-order valence-corrected chi connectivity index (χ3v) is 4.71. The molecule has 1 aromatic rings. The lowest BCUT2D eigenvalue weighted by atomic mass is 10.4. The Morgan fingerprint density at radius 3 is 1.90 bits per heavy atom. The Hall–Kier alpha value is -2.41. The van der Waals surface area contributed by atoms with Crippen LogP contribution in [-0.2, 0) is 27.7 Å². The van der Waals surface area contributed by atoms with Gasteiger partial charge in [0.2, 0.25) is 0 Å². The number of carbonyl (C=O) groups excluding carboxylic acids is 3. The summed E-state index contributed by atoms with van der Waals surface area (Å²) in [6.07, 6.45) is 0.900. The summed E-state index contributed by atoms with van der Waals surface area (Å²) < 4.78 is 15.2. The van der Waals surface area contributed by atoms with E-state index in [-0.39, 0.29) is 0 Å². The topological polar surface area (TPSA) is 78.9 Å². The van der Waals surface area contributed by atoms with Crippen molar-refractivity contribution < 1.29 is 27.7 Å². The van der Waals surface area contributed by atoms with E-state index >= 15 is 0 Å². The van der Waals surface area contributed by atoms with Gasteiger partial charge in [-0.2, -0.15) is 0 Å². The van der Waals surface area contributed by atoms with Crippen molar-refractivity contribution in [1.82, 2.24) is 0 Å². The highest BCUT2D eigenvalue weighted by Crippen LogP contribution is 2.12. The van der Waals surface area contributed by atoms with E-state index in [1.807, 2.05) is 0 Å². The maximum Gasteiger partial charge on any atom is 0.743 e. The first-order valence-corrected chi connectivity index (χ1v) is 7.42. The summed E-state index contributed by atoms with van der Waals surface area (Å²) in [5, 5.41) is 0.320. The fourth-order valence-corrected chi connectivity index (χ4v) is 3.62. The fourth-order valence-electron chi connectivity index (χ4n) is 1.43. The minimum absolute atomic E-state index is 0.320. The van der Waals surface area contributed by atoms with Crippen molar-refractivity contribution >= 4 is 31.9 Å². The highest BCUT2D eigenvalue weighted by molar-refractivity contribution is 6.79. The second-order valence-electron chi connectivity index (χ2n) is 3.73. The SMILES string of the molecule is C=CC(=O)O[Si](OC(C)=O)(OC(C)=O)c1ccccc1. The van der Waals surface area contributed by atoms with Crippen molar-refractivity contribution in [3.63, 3.8) is 0 Å². The first-order valence-electron chi connectivity index (χ1n) is 5.69. The summed E-state index contributed by atoms with van der Waals surface area (Å²) in [5.41, 5.74) is 0. The molecule has 7 heteroatoms. The van der Waals surface area contributed by atoms with Crippen LogP contribution < -0.4 is 5.19 Å². The lowest BCUT2D eigenvalue weighted by Gasteiger charge is -2.26. The van der Waals surface area contributed by atoms with E-state index < -0.39 is 26.7 Å². The molecule has 0 aliphatic heterocycles. The third kappa shape index (κ3) is 4.06. The summed E-state index contributed by atoms with van der Waals surface area (Å²) >= 11 is 0. The van der Waals surface area contributed by atoms with Gasteiger partial charge in [0.25, 0.3) is 11.9 Å². The molecule has 0 saturated carbocycles. The fraction of sp³-hybridized carbons (Fsp3) is 0.154. The first-order chi connectivity index (χ1) is 9.39. The maximum atomic E-state index is 11.5. The Labute approximate surface area is 117 Å². The molecule has 0 N–H and O–H groups in total. The molecule has 106 valence electrons. The van der Waals surface area contributed by atoms with Crippen LogP contribution in [0.3, 0.4) is 0 Å². The molecular formula is C13H14O6Si. The first kappa shape index (κ1) is 15.6. The minimum atomic E-state index is -4.00. The molecule has 1 aromatic carbocycles. The Morgan fingerprint density at radius 2 is 1.50 bits per heavy atom. The van der Waals surface area contributed by atoms with E-state index in [0.717, 1.165) is 19.9 Å². The molecule has 0 amide bonds. The van der Waals surface area contributed by atoms with Crippen LogP contribution in [0.4, 0.5) is 0 Å². The highest BCUT2D eigenvalue weighted by atomic mass is 28.4. The molecule has 0 bridgehead atoms. The van der Waals surface area contributed by atoms with Crippen molar-refractivity contribution in [2.24, 2.45) is 0 Å². The summed E-state index contributed by atoms with van der Waals surface area (Å²) in [4.78, 5) is 34.1. The van der Waals surface area contributed by atoms with Gasteiger partial charge in [0.1, 0.15) is 0 Å². The van der Waals surface area contributed by atoms with Gasteiger partial charge in [-0.3, -0.25) is 9.59 Å². The predicted molar refractivity (Wildman–Crippen MR) is 71.7 cm³/mol. The zero-order valence-corrected chi connectivity index (χ0v) is 12.1. The van der Waals surface area contributed by atoms with Crippen LogP contribution in [0.25, 0.3) is 0 Å². The zero-order chi connectivity index (χ0) is 15.2. The normalized spacial score (nSPS) is 10.3. The number of hydrogen-bond acceptors (Lipinski definition) is 6. The molecular weight excluding hydrogens is 280 g/mol. The minimum Gasteiger partial charge on any atom is -0.452 e. The second kappa shape index (κ2) is 6.67. The van der Waals surface area contributed by atoms with Gasteiger partial charge in [-0.1, -0.05) is 36.9 Å². The summed E-state index contributed by atoms with van der Waals surface area (Å²) in [7, 11) is -4.00. The number of benzene rings is 1. The Kier molecular flexibility index (Phi) is 5.21. The number of carbonyl (C=O) groups is 3. The maximum absolute atomic E-state index is 11.5. The predicted octanol–water partition coefficient (Wildman–Crippen LogP) is 0.688. The van der Waals surface area contributed by atoms with Crippen LogP contribution in [-0.4, -0.2) is 26.7 Å². The van der Waals surface area contributed by atoms with Crippen molar-refractivity contribution in [2.45, 2.75) is 13.8 Å². The van der Waals surface area contributed by atoms with Gasteiger partial charge in [0.15, 0.2) is 0 Å². The van der Waals surface area contributed by atoms with Gasteiger partial charge >= 0.3 is 14.8 Å². The van der Waals surface area contributed by atoms with E-state index in [0.29, 0.717) is 5.19 Å². The number of hydrogen-bond donors (Lipinski definition) is 0. The van der Waals surface area contributed by atoms with Crippen LogP contribution in [0.2, 0.25) is 0 Å². The summed E-state index contributed by atoms with van der Waals surface area (Å²) in [5.74, 6) is -2.29. The van der Waals surface area contributed by atoms with Gasteiger partial charge in [-0.15, -0.1) is 0 Å². The standard InChI is InChI=1S/C13H14O6Si/c1-4-13(16)19-20(17-10(2)14,18-11(3)15)12-8-6-5-7-9-12/h4-9H,1H2,2-3H3.